The van der Waals surface area contributed by atoms with Gasteiger partial charge in [0.05, 0.1) is 11.0 Å². The Balaban J connectivity index is 1.90. The van der Waals surface area contributed by atoms with Crippen molar-refractivity contribution in [2.45, 2.75) is 24.4 Å². The molecule has 1 aliphatic heterocycles. The Morgan fingerprint density at radius 1 is 1.11 bits per heavy atom. The van der Waals surface area contributed by atoms with Gasteiger partial charge in [-0.1, -0.05) is 0 Å². The highest BCUT2D eigenvalue weighted by molar-refractivity contribution is 5.78. The minimum absolute atomic E-state index is 0.415. The molecule has 0 radical (unpaired) electrons. The predicted octanol–water partition coefficient (Wildman–Crippen LogP) is 2.76. The summed E-state index contributed by atoms with van der Waals surface area (Å²) >= 11 is 0. The Kier molecular flexibility index (Phi) is 2.08. The number of alkyl halides is 3. The second-order valence-electron chi connectivity index (χ2n) is 5.37. The number of nitrogens with zero attached hydrogens (tertiary/aromatic N) is 1. The van der Waals surface area contributed by atoms with Crippen molar-refractivity contribution in [1.29, 1.82) is 0 Å². The molecule has 2 aliphatic rings. The minimum atomic E-state index is -4.42. The van der Waals surface area contributed by atoms with Crippen molar-refractivity contribution in [2.75, 3.05) is 13.1 Å². The highest BCUT2D eigenvalue weighted by Crippen LogP contribution is 2.45. The quantitative estimate of drug-likeness (QED) is 0.770. The number of piperidine rings is 1. The van der Waals surface area contributed by atoms with Crippen molar-refractivity contribution in [2.24, 2.45) is 0 Å². The Bertz CT molecular complexity index is 612. The minimum Gasteiger partial charge on any atom is -0.334 e. The van der Waals surface area contributed by atoms with Crippen molar-refractivity contribution in [3.63, 3.8) is 0 Å². The van der Waals surface area contributed by atoms with Crippen LogP contribution in [0.3, 0.4) is 0 Å². The molecule has 0 spiro atoms. The van der Waals surface area contributed by atoms with Crippen LogP contribution >= 0.6 is 0 Å². The third-order valence-electron chi connectivity index (χ3n) is 4.19. The van der Waals surface area contributed by atoms with Crippen LogP contribution in [0.25, 0.3) is 11.0 Å². The van der Waals surface area contributed by atoms with E-state index in [-0.39, 0.29) is 0 Å². The summed E-state index contributed by atoms with van der Waals surface area (Å²) in [5.41, 5.74) is 3.25. The molecule has 19 heavy (non-hydrogen) atoms. The third kappa shape index (κ3) is 1.59. The summed E-state index contributed by atoms with van der Waals surface area (Å²) in [6.07, 6.45) is -3.32. The normalized spacial score (nSPS) is 25.8. The van der Waals surface area contributed by atoms with Gasteiger partial charge in [-0.05, 0) is 41.5 Å². The average molecular weight is 267 g/mol. The molecule has 1 aliphatic carbocycles. The van der Waals surface area contributed by atoms with E-state index in [4.69, 9.17) is 0 Å². The monoisotopic (exact) mass is 267 g/mol. The van der Waals surface area contributed by atoms with Gasteiger partial charge in [0.1, 0.15) is 0 Å². The topological polar surface area (TPSA) is 40.7 Å². The lowest BCUT2D eigenvalue weighted by molar-refractivity contribution is -0.144. The SMILES string of the molecule is FC(F)(F)c1nc2cc3c(cc2[nH]1)[C@@H]1CNC[C@H]3C1. The smallest absolute Gasteiger partial charge is 0.334 e. The van der Waals surface area contributed by atoms with Crippen LogP contribution in [0.1, 0.15) is 35.2 Å². The van der Waals surface area contributed by atoms with Crippen LogP contribution in [-0.4, -0.2) is 23.1 Å². The summed E-state index contributed by atoms with van der Waals surface area (Å²) in [6, 6.07) is 3.68. The first-order chi connectivity index (χ1) is 9.02. The molecular formula is C13H12F3N3. The summed E-state index contributed by atoms with van der Waals surface area (Å²) in [5, 5.41) is 3.37. The summed E-state index contributed by atoms with van der Waals surface area (Å²) < 4.78 is 38.0. The van der Waals surface area contributed by atoms with Crippen molar-refractivity contribution < 1.29 is 13.2 Å². The van der Waals surface area contributed by atoms with Gasteiger partial charge in [0.15, 0.2) is 0 Å². The maximum Gasteiger partial charge on any atom is 0.449 e. The van der Waals surface area contributed by atoms with Crippen molar-refractivity contribution in [1.82, 2.24) is 15.3 Å². The van der Waals surface area contributed by atoms with Gasteiger partial charge in [-0.25, -0.2) is 4.98 Å². The molecule has 2 N–H and O–H groups in total. The molecule has 1 saturated heterocycles. The number of rotatable bonds is 0. The molecule has 2 heterocycles. The maximum absolute atomic E-state index is 12.7. The molecule has 100 valence electrons. The lowest BCUT2D eigenvalue weighted by Gasteiger charge is -2.19. The molecule has 0 saturated carbocycles. The molecule has 2 aromatic rings. The second-order valence-corrected chi connectivity index (χ2v) is 5.37. The van der Waals surface area contributed by atoms with Crippen LogP contribution in [-0.2, 0) is 6.18 Å². The molecule has 2 atom stereocenters. The van der Waals surface area contributed by atoms with E-state index in [0.717, 1.165) is 19.5 Å². The number of aromatic nitrogens is 2. The van der Waals surface area contributed by atoms with E-state index in [1.54, 1.807) is 0 Å². The Morgan fingerprint density at radius 2 is 1.79 bits per heavy atom. The number of hydrogen-bond donors (Lipinski definition) is 2. The highest BCUT2D eigenvalue weighted by atomic mass is 19.4. The van der Waals surface area contributed by atoms with Gasteiger partial charge in [0.25, 0.3) is 0 Å². The molecule has 1 fully saturated rings. The molecule has 2 bridgehead atoms. The lowest BCUT2D eigenvalue weighted by atomic mass is 9.98. The van der Waals surface area contributed by atoms with E-state index in [2.05, 4.69) is 15.3 Å². The zero-order valence-electron chi connectivity index (χ0n) is 10.0. The summed E-state index contributed by atoms with van der Waals surface area (Å²) in [6.45, 7) is 1.82. The van der Waals surface area contributed by atoms with Gasteiger partial charge in [-0.2, -0.15) is 13.2 Å². The first kappa shape index (κ1) is 11.3. The van der Waals surface area contributed by atoms with Gasteiger partial charge in [-0.3, -0.25) is 0 Å². The van der Waals surface area contributed by atoms with Crippen LogP contribution in [0.2, 0.25) is 0 Å². The Morgan fingerprint density at radius 3 is 2.47 bits per heavy atom. The van der Waals surface area contributed by atoms with E-state index in [0.29, 0.717) is 22.9 Å². The van der Waals surface area contributed by atoms with Gasteiger partial charge in [0, 0.05) is 13.1 Å². The fraction of sp³-hybridized carbons (Fsp3) is 0.462. The zero-order chi connectivity index (χ0) is 13.2. The molecule has 3 nitrogen and oxygen atoms in total. The Hall–Kier alpha value is -1.56. The van der Waals surface area contributed by atoms with Gasteiger partial charge < -0.3 is 10.3 Å². The van der Waals surface area contributed by atoms with Crippen LogP contribution < -0.4 is 5.32 Å². The second kappa shape index (κ2) is 3.50. The van der Waals surface area contributed by atoms with Gasteiger partial charge >= 0.3 is 6.18 Å². The fourth-order valence-corrected chi connectivity index (χ4v) is 3.35. The maximum atomic E-state index is 12.7. The number of benzene rings is 1. The van der Waals surface area contributed by atoms with Crippen LogP contribution in [0, 0.1) is 0 Å². The Labute approximate surface area is 107 Å². The van der Waals surface area contributed by atoms with Crippen molar-refractivity contribution in [3.8, 4) is 0 Å². The molecule has 1 aromatic heterocycles. The first-order valence-corrected chi connectivity index (χ1v) is 6.34. The summed E-state index contributed by atoms with van der Waals surface area (Å²) in [5.74, 6) is -0.0607. The number of fused-ring (bicyclic) bond motifs is 6. The van der Waals surface area contributed by atoms with E-state index in [9.17, 15) is 13.2 Å². The van der Waals surface area contributed by atoms with E-state index >= 15 is 0 Å². The van der Waals surface area contributed by atoms with E-state index < -0.39 is 12.0 Å². The number of hydrogen-bond acceptors (Lipinski definition) is 2. The average Bonchev–Trinajstić information content (AvgIpc) is 2.88. The van der Waals surface area contributed by atoms with E-state index in [1.807, 2.05) is 12.1 Å². The van der Waals surface area contributed by atoms with Crippen molar-refractivity contribution >= 4 is 11.0 Å². The van der Waals surface area contributed by atoms with Crippen LogP contribution in [0.4, 0.5) is 13.2 Å². The largest absolute Gasteiger partial charge is 0.449 e. The molecule has 4 rings (SSSR count). The van der Waals surface area contributed by atoms with Gasteiger partial charge in [0.2, 0.25) is 5.82 Å². The highest BCUT2D eigenvalue weighted by Gasteiger charge is 2.37. The van der Waals surface area contributed by atoms with Crippen LogP contribution in [0.5, 0.6) is 0 Å². The molecule has 0 unspecified atom stereocenters. The van der Waals surface area contributed by atoms with Crippen molar-refractivity contribution in [3.05, 3.63) is 29.1 Å². The number of imidazole rings is 1. The summed E-state index contributed by atoms with van der Waals surface area (Å²) in [7, 11) is 0. The third-order valence-corrected chi connectivity index (χ3v) is 4.19. The molecule has 0 amide bonds. The molecule has 1 aromatic carbocycles. The van der Waals surface area contributed by atoms with Crippen LogP contribution in [0.15, 0.2) is 12.1 Å². The first-order valence-electron chi connectivity index (χ1n) is 6.34. The number of halogens is 3. The number of H-pyrrole nitrogens is 1. The fourth-order valence-electron chi connectivity index (χ4n) is 3.35. The number of aromatic amines is 1. The summed E-state index contributed by atoms with van der Waals surface area (Å²) in [4.78, 5) is 6.06. The number of nitrogens with one attached hydrogen (secondary N) is 2. The predicted molar refractivity (Wildman–Crippen MR) is 64.1 cm³/mol. The van der Waals surface area contributed by atoms with Gasteiger partial charge in [-0.15, -0.1) is 0 Å². The molecule has 6 heteroatoms. The lowest BCUT2D eigenvalue weighted by Crippen LogP contribution is -2.28. The molecular weight excluding hydrogens is 255 g/mol. The van der Waals surface area contributed by atoms with E-state index in [1.165, 1.54) is 11.1 Å². The standard InChI is InChI=1S/C13H12F3N3/c14-13(15,16)12-18-10-2-8-6-1-7(5-17-4-6)9(8)3-11(10)19-12/h2-3,6-7,17H,1,4-5H2,(H,18,19)/t6-,7+. The zero-order valence-corrected chi connectivity index (χ0v) is 10.0.